The highest BCUT2D eigenvalue weighted by Crippen LogP contribution is 2.40. The first-order valence-corrected chi connectivity index (χ1v) is 9.31. The molecule has 6 heteroatoms. The summed E-state index contributed by atoms with van der Waals surface area (Å²) in [5, 5.41) is 6.38. The number of nitrogen functional groups attached to an aromatic ring is 1. The molecule has 4 rings (SSSR count). The average Bonchev–Trinajstić information content (AvgIpc) is 2.69. The molecule has 0 aliphatic heterocycles. The van der Waals surface area contributed by atoms with Crippen molar-refractivity contribution in [2.45, 2.75) is 19.9 Å². The molecule has 1 aliphatic carbocycles. The van der Waals surface area contributed by atoms with Crippen molar-refractivity contribution in [3.05, 3.63) is 82.7 Å². The quantitative estimate of drug-likeness (QED) is 0.439. The minimum absolute atomic E-state index is 0.0655. The zero-order chi connectivity index (χ0) is 20.7. The van der Waals surface area contributed by atoms with Gasteiger partial charge in [-0.25, -0.2) is 4.39 Å². The number of rotatable bonds is 4. The molecule has 0 amide bonds. The third kappa shape index (κ3) is 3.23. The number of benzene rings is 3. The van der Waals surface area contributed by atoms with Gasteiger partial charge in [-0.15, -0.1) is 0 Å². The molecule has 0 saturated heterocycles. The number of halogens is 1. The summed E-state index contributed by atoms with van der Waals surface area (Å²) in [6, 6.07) is 14.3. The van der Waals surface area contributed by atoms with Gasteiger partial charge in [0.25, 0.3) is 0 Å². The lowest BCUT2D eigenvalue weighted by Gasteiger charge is -2.25. The normalized spacial score (nSPS) is 12.6. The van der Waals surface area contributed by atoms with E-state index in [0.717, 1.165) is 0 Å². The van der Waals surface area contributed by atoms with Gasteiger partial charge >= 0.3 is 0 Å². The molecule has 0 fully saturated rings. The number of nitrogens with two attached hydrogens (primary N) is 1. The second-order valence-electron chi connectivity index (χ2n) is 7.27. The maximum Gasteiger partial charge on any atom is 0.196 e. The van der Waals surface area contributed by atoms with E-state index in [0.29, 0.717) is 28.2 Å². The molecule has 0 saturated carbocycles. The molecule has 0 spiro atoms. The molecule has 5 nitrogen and oxygen atoms in total. The molecular weight excluding hydrogens is 369 g/mol. The Morgan fingerprint density at radius 2 is 1.45 bits per heavy atom. The third-order valence-corrected chi connectivity index (χ3v) is 4.81. The van der Waals surface area contributed by atoms with Crippen molar-refractivity contribution in [2.75, 3.05) is 16.4 Å². The van der Waals surface area contributed by atoms with Crippen LogP contribution in [0.15, 0.2) is 54.6 Å². The summed E-state index contributed by atoms with van der Waals surface area (Å²) < 4.78 is 13.3. The van der Waals surface area contributed by atoms with Crippen molar-refractivity contribution in [1.82, 2.24) is 0 Å². The lowest BCUT2D eigenvalue weighted by atomic mass is 9.82. The Hall–Kier alpha value is -3.67. The number of ketones is 2. The highest BCUT2D eigenvalue weighted by atomic mass is 19.1. The highest BCUT2D eigenvalue weighted by molar-refractivity contribution is 6.32. The monoisotopic (exact) mass is 389 g/mol. The van der Waals surface area contributed by atoms with Crippen LogP contribution in [0.25, 0.3) is 0 Å². The molecule has 3 aromatic carbocycles. The summed E-state index contributed by atoms with van der Waals surface area (Å²) in [4.78, 5) is 26.5. The average molecular weight is 389 g/mol. The standard InChI is InChI=1S/C23H20FN3O2/c1-12(2)26-18-11-17(27-14-9-7-13(24)8-10-14)19-20(21(18)25)23(29)16-6-4-3-5-15(16)22(19)28/h3-12,26-27H,25H2,1-2H3. The molecule has 0 atom stereocenters. The largest absolute Gasteiger partial charge is 0.396 e. The molecule has 4 N–H and O–H groups in total. The van der Waals surface area contributed by atoms with Crippen LogP contribution in [0.3, 0.4) is 0 Å². The van der Waals surface area contributed by atoms with E-state index >= 15 is 0 Å². The first-order chi connectivity index (χ1) is 13.9. The summed E-state index contributed by atoms with van der Waals surface area (Å²) in [5.74, 6) is -0.929. The Morgan fingerprint density at radius 1 is 0.862 bits per heavy atom. The number of fused-ring (bicyclic) bond motifs is 2. The molecule has 146 valence electrons. The number of nitrogens with one attached hydrogen (secondary N) is 2. The van der Waals surface area contributed by atoms with Gasteiger partial charge in [-0.05, 0) is 44.2 Å². The molecule has 0 aromatic heterocycles. The first-order valence-electron chi connectivity index (χ1n) is 9.31. The van der Waals surface area contributed by atoms with E-state index in [1.165, 1.54) is 12.1 Å². The van der Waals surface area contributed by atoms with E-state index in [-0.39, 0.29) is 40.2 Å². The number of hydrogen-bond donors (Lipinski definition) is 3. The first kappa shape index (κ1) is 18.7. The Kier molecular flexibility index (Phi) is 4.54. The van der Waals surface area contributed by atoms with Gasteiger partial charge in [-0.1, -0.05) is 24.3 Å². The molecule has 0 heterocycles. The fraction of sp³-hybridized carbons (Fsp3) is 0.130. The maximum absolute atomic E-state index is 13.3. The van der Waals surface area contributed by atoms with Crippen LogP contribution in [0.5, 0.6) is 0 Å². The van der Waals surface area contributed by atoms with Crippen molar-refractivity contribution in [1.29, 1.82) is 0 Å². The predicted octanol–water partition coefficient (Wildman–Crippen LogP) is 4.75. The number of carbonyl (C=O) groups is 2. The van der Waals surface area contributed by atoms with Gasteiger partial charge in [0.05, 0.1) is 28.2 Å². The van der Waals surface area contributed by atoms with Gasteiger partial charge in [0.15, 0.2) is 11.6 Å². The van der Waals surface area contributed by atoms with Crippen LogP contribution in [0.2, 0.25) is 0 Å². The van der Waals surface area contributed by atoms with Gasteiger partial charge < -0.3 is 16.4 Å². The maximum atomic E-state index is 13.3. The van der Waals surface area contributed by atoms with Gasteiger partial charge in [-0.3, -0.25) is 9.59 Å². The summed E-state index contributed by atoms with van der Waals surface area (Å²) in [5.41, 5.74) is 9.26. The van der Waals surface area contributed by atoms with E-state index in [2.05, 4.69) is 10.6 Å². The van der Waals surface area contributed by atoms with Crippen LogP contribution in [0.4, 0.5) is 27.1 Å². The van der Waals surface area contributed by atoms with Crippen molar-refractivity contribution >= 4 is 34.3 Å². The molecule has 29 heavy (non-hydrogen) atoms. The van der Waals surface area contributed by atoms with Crippen LogP contribution in [-0.4, -0.2) is 17.6 Å². The van der Waals surface area contributed by atoms with Crippen molar-refractivity contribution in [3.63, 3.8) is 0 Å². The zero-order valence-electron chi connectivity index (χ0n) is 16.0. The Bertz CT molecular complexity index is 1140. The molecule has 0 bridgehead atoms. The van der Waals surface area contributed by atoms with E-state index in [9.17, 15) is 14.0 Å². The molecule has 0 radical (unpaired) electrons. The lowest BCUT2D eigenvalue weighted by molar-refractivity contribution is 0.0980. The van der Waals surface area contributed by atoms with Crippen LogP contribution < -0.4 is 16.4 Å². The van der Waals surface area contributed by atoms with Crippen molar-refractivity contribution < 1.29 is 14.0 Å². The Morgan fingerprint density at radius 3 is 2.03 bits per heavy atom. The van der Waals surface area contributed by atoms with Crippen LogP contribution in [0.1, 0.15) is 45.7 Å². The van der Waals surface area contributed by atoms with Crippen molar-refractivity contribution in [2.24, 2.45) is 0 Å². The lowest BCUT2D eigenvalue weighted by Crippen LogP contribution is -2.25. The molecule has 3 aromatic rings. The number of carbonyl (C=O) groups excluding carboxylic acids is 2. The molecule has 0 unspecified atom stereocenters. The second-order valence-corrected chi connectivity index (χ2v) is 7.27. The summed E-state index contributed by atoms with van der Waals surface area (Å²) in [6.07, 6.45) is 0. The van der Waals surface area contributed by atoms with Crippen LogP contribution in [0, 0.1) is 5.82 Å². The van der Waals surface area contributed by atoms with E-state index in [1.54, 1.807) is 42.5 Å². The fourth-order valence-corrected chi connectivity index (χ4v) is 3.54. The minimum atomic E-state index is -0.364. The van der Waals surface area contributed by atoms with Gasteiger partial charge in [0.1, 0.15) is 5.82 Å². The second kappa shape index (κ2) is 7.05. The van der Waals surface area contributed by atoms with Gasteiger partial charge in [0, 0.05) is 22.9 Å². The van der Waals surface area contributed by atoms with Gasteiger partial charge in [0.2, 0.25) is 0 Å². The van der Waals surface area contributed by atoms with E-state index < -0.39 is 0 Å². The summed E-state index contributed by atoms with van der Waals surface area (Å²) in [6.45, 7) is 3.91. The highest BCUT2D eigenvalue weighted by Gasteiger charge is 2.34. The fourth-order valence-electron chi connectivity index (χ4n) is 3.54. The van der Waals surface area contributed by atoms with Crippen LogP contribution in [-0.2, 0) is 0 Å². The SMILES string of the molecule is CC(C)Nc1cc(Nc2ccc(F)cc2)c2c(c1N)C(=O)c1ccccc1C2=O. The van der Waals surface area contributed by atoms with E-state index in [4.69, 9.17) is 5.73 Å². The Labute approximate surface area is 167 Å². The number of hydrogen-bond acceptors (Lipinski definition) is 5. The van der Waals surface area contributed by atoms with Crippen molar-refractivity contribution in [3.8, 4) is 0 Å². The molecule has 1 aliphatic rings. The zero-order valence-corrected chi connectivity index (χ0v) is 16.0. The van der Waals surface area contributed by atoms with E-state index in [1.807, 2.05) is 13.8 Å². The van der Waals surface area contributed by atoms with Crippen LogP contribution >= 0.6 is 0 Å². The van der Waals surface area contributed by atoms with Gasteiger partial charge in [-0.2, -0.15) is 0 Å². The molecular formula is C23H20FN3O2. The Balaban J connectivity index is 1.94. The smallest absolute Gasteiger partial charge is 0.196 e. The third-order valence-electron chi connectivity index (χ3n) is 4.81. The summed E-state index contributed by atoms with van der Waals surface area (Å²) in [7, 11) is 0. The number of anilines is 4. The minimum Gasteiger partial charge on any atom is -0.396 e. The topological polar surface area (TPSA) is 84.2 Å². The predicted molar refractivity (Wildman–Crippen MR) is 113 cm³/mol. The summed E-state index contributed by atoms with van der Waals surface area (Å²) >= 11 is 0.